The summed E-state index contributed by atoms with van der Waals surface area (Å²) in [5.74, 6) is 0.356. The van der Waals surface area contributed by atoms with Crippen LogP contribution in [-0.4, -0.2) is 23.4 Å². The Bertz CT molecular complexity index is 916. The number of para-hydroxylation sites is 1. The molecule has 6 heteroatoms. The molecule has 0 atom stereocenters. The number of fused-ring (bicyclic) bond motifs is 1. The van der Waals surface area contributed by atoms with Crippen LogP contribution in [0.1, 0.15) is 24.3 Å². The van der Waals surface area contributed by atoms with Crippen LogP contribution >= 0.6 is 11.3 Å². The van der Waals surface area contributed by atoms with E-state index in [2.05, 4.69) is 4.98 Å². The van der Waals surface area contributed by atoms with Crippen LogP contribution < -0.4 is 9.64 Å². The SMILES string of the molecule is O=C(CCc1nc2ccccc2s1)Oc1ccc(N2CCCC2=O)cc1. The van der Waals surface area contributed by atoms with Gasteiger partial charge < -0.3 is 9.64 Å². The lowest BCUT2D eigenvalue weighted by molar-refractivity contribution is -0.134. The fraction of sp³-hybridized carbons (Fsp3) is 0.250. The van der Waals surface area contributed by atoms with Crippen LogP contribution in [0.4, 0.5) is 5.69 Å². The molecule has 1 fully saturated rings. The first-order valence-electron chi connectivity index (χ1n) is 8.64. The molecule has 1 saturated heterocycles. The molecule has 1 amide bonds. The van der Waals surface area contributed by atoms with E-state index in [1.165, 1.54) is 0 Å². The Morgan fingerprint density at radius 1 is 1.15 bits per heavy atom. The second-order valence-corrected chi connectivity index (χ2v) is 7.31. The highest BCUT2D eigenvalue weighted by Gasteiger charge is 2.21. The van der Waals surface area contributed by atoms with Crippen molar-refractivity contribution < 1.29 is 14.3 Å². The zero-order chi connectivity index (χ0) is 17.9. The van der Waals surface area contributed by atoms with Gasteiger partial charge in [-0.3, -0.25) is 9.59 Å². The zero-order valence-corrected chi connectivity index (χ0v) is 15.0. The van der Waals surface area contributed by atoms with Crippen molar-refractivity contribution in [1.82, 2.24) is 4.98 Å². The molecule has 132 valence electrons. The molecule has 0 saturated carbocycles. The molecule has 0 bridgehead atoms. The lowest BCUT2D eigenvalue weighted by Gasteiger charge is -2.15. The molecule has 4 rings (SSSR count). The summed E-state index contributed by atoms with van der Waals surface area (Å²) in [6, 6.07) is 15.0. The highest BCUT2D eigenvalue weighted by Crippen LogP contribution is 2.25. The standard InChI is InChI=1S/C20H18N2O3S/c23-19-6-3-13-22(19)14-7-9-15(10-8-14)25-20(24)12-11-18-21-16-4-1-2-5-17(16)26-18/h1-2,4-5,7-10H,3,6,11-13H2. The smallest absolute Gasteiger partial charge is 0.311 e. The summed E-state index contributed by atoms with van der Waals surface area (Å²) in [4.78, 5) is 30.1. The van der Waals surface area contributed by atoms with Crippen molar-refractivity contribution in [2.24, 2.45) is 0 Å². The molecule has 1 aromatic heterocycles. The minimum atomic E-state index is -0.283. The number of amides is 1. The number of hydrogen-bond donors (Lipinski definition) is 0. The van der Waals surface area contributed by atoms with Crippen molar-refractivity contribution in [3.8, 4) is 5.75 Å². The summed E-state index contributed by atoms with van der Waals surface area (Å²) >= 11 is 1.61. The van der Waals surface area contributed by atoms with Crippen LogP contribution in [0.5, 0.6) is 5.75 Å². The Morgan fingerprint density at radius 2 is 1.96 bits per heavy atom. The van der Waals surface area contributed by atoms with Gasteiger partial charge in [-0.25, -0.2) is 4.98 Å². The molecule has 0 N–H and O–H groups in total. The summed E-state index contributed by atoms with van der Waals surface area (Å²) in [5, 5.41) is 0.936. The van der Waals surface area contributed by atoms with E-state index in [1.54, 1.807) is 28.4 Å². The second-order valence-electron chi connectivity index (χ2n) is 6.19. The molecule has 1 aliphatic rings. The van der Waals surface area contributed by atoms with Crippen molar-refractivity contribution in [3.05, 3.63) is 53.5 Å². The molecule has 1 aliphatic heterocycles. The van der Waals surface area contributed by atoms with Gasteiger partial charge in [0.25, 0.3) is 0 Å². The van der Waals surface area contributed by atoms with E-state index in [0.29, 0.717) is 18.6 Å². The van der Waals surface area contributed by atoms with Crippen LogP contribution in [0.25, 0.3) is 10.2 Å². The van der Waals surface area contributed by atoms with E-state index < -0.39 is 0 Å². The number of carbonyl (C=O) groups excluding carboxylic acids is 2. The van der Waals surface area contributed by atoms with Gasteiger partial charge in [0, 0.05) is 25.1 Å². The third-order valence-electron chi connectivity index (χ3n) is 4.33. The predicted molar refractivity (Wildman–Crippen MR) is 102 cm³/mol. The van der Waals surface area contributed by atoms with E-state index in [0.717, 1.165) is 33.9 Å². The lowest BCUT2D eigenvalue weighted by Crippen LogP contribution is -2.23. The van der Waals surface area contributed by atoms with Gasteiger partial charge in [0.2, 0.25) is 5.91 Å². The average molecular weight is 366 g/mol. The summed E-state index contributed by atoms with van der Waals surface area (Å²) in [6.07, 6.45) is 2.34. The third-order valence-corrected chi connectivity index (χ3v) is 5.43. The number of esters is 1. The van der Waals surface area contributed by atoms with Gasteiger partial charge >= 0.3 is 5.97 Å². The second kappa shape index (κ2) is 7.25. The Hall–Kier alpha value is -2.73. The maximum absolute atomic E-state index is 12.1. The van der Waals surface area contributed by atoms with Gasteiger partial charge in [-0.15, -0.1) is 11.3 Å². The van der Waals surface area contributed by atoms with Crippen LogP contribution in [0, 0.1) is 0 Å². The summed E-state index contributed by atoms with van der Waals surface area (Å²) < 4.78 is 6.52. The normalized spacial score (nSPS) is 14.2. The lowest BCUT2D eigenvalue weighted by atomic mass is 10.2. The Balaban J connectivity index is 1.33. The van der Waals surface area contributed by atoms with Crippen molar-refractivity contribution in [2.75, 3.05) is 11.4 Å². The molecular formula is C20H18N2O3S. The third kappa shape index (κ3) is 3.60. The van der Waals surface area contributed by atoms with E-state index in [1.807, 2.05) is 36.4 Å². The van der Waals surface area contributed by atoms with E-state index in [-0.39, 0.29) is 18.3 Å². The first-order chi connectivity index (χ1) is 12.7. The first kappa shape index (κ1) is 16.7. The van der Waals surface area contributed by atoms with Gasteiger partial charge in [-0.2, -0.15) is 0 Å². The summed E-state index contributed by atoms with van der Waals surface area (Å²) in [6.45, 7) is 0.750. The minimum absolute atomic E-state index is 0.144. The van der Waals surface area contributed by atoms with Gasteiger partial charge in [-0.05, 0) is 42.8 Å². The summed E-state index contributed by atoms with van der Waals surface area (Å²) in [5.41, 5.74) is 1.81. The van der Waals surface area contributed by atoms with Gasteiger partial charge in [0.05, 0.1) is 21.6 Å². The van der Waals surface area contributed by atoms with Crippen molar-refractivity contribution in [1.29, 1.82) is 0 Å². The molecule has 2 heterocycles. The van der Waals surface area contributed by atoms with Crippen LogP contribution in [0.3, 0.4) is 0 Å². The molecule has 0 spiro atoms. The predicted octanol–water partition coefficient (Wildman–Crippen LogP) is 3.96. The van der Waals surface area contributed by atoms with E-state index in [4.69, 9.17) is 4.74 Å². The molecule has 0 radical (unpaired) electrons. The monoisotopic (exact) mass is 366 g/mol. The number of benzene rings is 2. The van der Waals surface area contributed by atoms with Crippen LogP contribution in [0.15, 0.2) is 48.5 Å². The summed E-state index contributed by atoms with van der Waals surface area (Å²) in [7, 11) is 0. The van der Waals surface area contributed by atoms with Crippen molar-refractivity contribution in [3.63, 3.8) is 0 Å². The van der Waals surface area contributed by atoms with E-state index in [9.17, 15) is 9.59 Å². The zero-order valence-electron chi connectivity index (χ0n) is 14.2. The average Bonchev–Trinajstić information content (AvgIpc) is 3.26. The molecule has 5 nitrogen and oxygen atoms in total. The van der Waals surface area contributed by atoms with Crippen LogP contribution in [0.2, 0.25) is 0 Å². The number of anilines is 1. The molecule has 3 aromatic rings. The molecule has 2 aromatic carbocycles. The number of rotatable bonds is 5. The number of aryl methyl sites for hydroxylation is 1. The number of thiazole rings is 1. The van der Waals surface area contributed by atoms with Crippen molar-refractivity contribution in [2.45, 2.75) is 25.7 Å². The van der Waals surface area contributed by atoms with Gasteiger partial charge in [0.1, 0.15) is 5.75 Å². The fourth-order valence-electron chi connectivity index (χ4n) is 3.03. The number of aromatic nitrogens is 1. The fourth-order valence-corrected chi connectivity index (χ4v) is 4.00. The highest BCUT2D eigenvalue weighted by molar-refractivity contribution is 7.18. The molecule has 0 aliphatic carbocycles. The number of hydrogen-bond acceptors (Lipinski definition) is 5. The minimum Gasteiger partial charge on any atom is -0.427 e. The maximum Gasteiger partial charge on any atom is 0.311 e. The van der Waals surface area contributed by atoms with Gasteiger partial charge in [-0.1, -0.05) is 12.1 Å². The number of ether oxygens (including phenoxy) is 1. The van der Waals surface area contributed by atoms with Crippen LogP contribution in [-0.2, 0) is 16.0 Å². The van der Waals surface area contributed by atoms with Crippen molar-refractivity contribution >= 4 is 39.1 Å². The Labute approximate surface area is 155 Å². The van der Waals surface area contributed by atoms with Gasteiger partial charge in [0.15, 0.2) is 0 Å². The Kier molecular flexibility index (Phi) is 4.67. The highest BCUT2D eigenvalue weighted by atomic mass is 32.1. The molecule has 26 heavy (non-hydrogen) atoms. The molecular weight excluding hydrogens is 348 g/mol. The molecule has 0 unspecified atom stereocenters. The largest absolute Gasteiger partial charge is 0.427 e. The first-order valence-corrected chi connectivity index (χ1v) is 9.46. The topological polar surface area (TPSA) is 59.5 Å². The van der Waals surface area contributed by atoms with E-state index >= 15 is 0 Å². The quantitative estimate of drug-likeness (QED) is 0.506. The number of carbonyl (C=O) groups is 2. The Morgan fingerprint density at radius 3 is 2.69 bits per heavy atom. The number of nitrogens with zero attached hydrogens (tertiary/aromatic N) is 2. The maximum atomic E-state index is 12.1.